The van der Waals surface area contributed by atoms with Crippen molar-refractivity contribution in [2.24, 2.45) is 5.92 Å². The van der Waals surface area contributed by atoms with Gasteiger partial charge >= 0.3 is 0 Å². The van der Waals surface area contributed by atoms with Gasteiger partial charge in [0.1, 0.15) is 5.00 Å². The fourth-order valence-corrected chi connectivity index (χ4v) is 3.57. The first-order chi connectivity index (χ1) is 9.04. The Morgan fingerprint density at radius 3 is 2.53 bits per heavy atom. The van der Waals surface area contributed by atoms with Crippen LogP contribution in [0, 0.1) is 5.92 Å². The van der Waals surface area contributed by atoms with Gasteiger partial charge < -0.3 is 10.6 Å². The highest BCUT2D eigenvalue weighted by molar-refractivity contribution is 7.17. The zero-order chi connectivity index (χ0) is 14.0. The van der Waals surface area contributed by atoms with Crippen LogP contribution in [-0.4, -0.2) is 18.9 Å². The molecule has 0 saturated heterocycles. The Labute approximate surface area is 117 Å². The maximum atomic E-state index is 12.1. The van der Waals surface area contributed by atoms with E-state index in [2.05, 4.69) is 10.6 Å². The van der Waals surface area contributed by atoms with Crippen molar-refractivity contribution >= 4 is 28.2 Å². The van der Waals surface area contributed by atoms with E-state index >= 15 is 0 Å². The lowest BCUT2D eigenvalue weighted by Crippen LogP contribution is -2.23. The van der Waals surface area contributed by atoms with Gasteiger partial charge in [0.25, 0.3) is 5.91 Å². The number of carbonyl (C=O) groups excluding carboxylic acids is 2. The summed E-state index contributed by atoms with van der Waals surface area (Å²) in [4.78, 5) is 25.2. The Bertz CT molecular complexity index is 506. The summed E-state index contributed by atoms with van der Waals surface area (Å²) in [6.07, 6.45) is 4.23. The number of hydrogen-bond donors (Lipinski definition) is 2. The van der Waals surface area contributed by atoms with E-state index in [4.69, 9.17) is 0 Å². The van der Waals surface area contributed by atoms with E-state index in [1.54, 1.807) is 18.4 Å². The molecule has 2 N–H and O–H groups in total. The third-order valence-corrected chi connectivity index (χ3v) is 4.59. The third kappa shape index (κ3) is 2.81. The quantitative estimate of drug-likeness (QED) is 0.894. The van der Waals surface area contributed by atoms with Gasteiger partial charge in [0, 0.05) is 17.8 Å². The highest BCUT2D eigenvalue weighted by atomic mass is 32.1. The van der Waals surface area contributed by atoms with Crippen molar-refractivity contribution in [3.63, 3.8) is 0 Å². The summed E-state index contributed by atoms with van der Waals surface area (Å²) in [5, 5.41) is 6.29. The van der Waals surface area contributed by atoms with Gasteiger partial charge in [0.05, 0.1) is 5.56 Å². The molecule has 1 aliphatic rings. The van der Waals surface area contributed by atoms with Crippen LogP contribution in [0.4, 0.5) is 5.00 Å². The standard InChI is InChI=1S/C14H20N2O2S/c1-8(2)12(17)16-14-11(13(18)15-3)9-6-4-5-7-10(9)19-14/h8H,4-7H2,1-3H3,(H,15,18)(H,16,17). The lowest BCUT2D eigenvalue weighted by Gasteiger charge is -2.12. The Hall–Kier alpha value is -1.36. The number of thiophene rings is 1. The first kappa shape index (κ1) is 14.1. The fraction of sp³-hybridized carbons (Fsp3) is 0.571. The molecular weight excluding hydrogens is 260 g/mol. The smallest absolute Gasteiger partial charge is 0.254 e. The van der Waals surface area contributed by atoms with Gasteiger partial charge in [0.15, 0.2) is 0 Å². The molecular formula is C14H20N2O2S. The lowest BCUT2D eigenvalue weighted by molar-refractivity contribution is -0.118. The minimum absolute atomic E-state index is 0.0382. The normalized spacial score (nSPS) is 14.1. The van der Waals surface area contributed by atoms with Crippen molar-refractivity contribution in [3.05, 3.63) is 16.0 Å². The first-order valence-electron chi connectivity index (χ1n) is 6.72. The van der Waals surface area contributed by atoms with Crippen LogP contribution < -0.4 is 10.6 Å². The van der Waals surface area contributed by atoms with Crippen LogP contribution in [0.3, 0.4) is 0 Å². The van der Waals surface area contributed by atoms with Gasteiger partial charge in [-0.3, -0.25) is 9.59 Å². The first-order valence-corrected chi connectivity index (χ1v) is 7.53. The van der Waals surface area contributed by atoms with Gasteiger partial charge in [0.2, 0.25) is 5.91 Å². The van der Waals surface area contributed by atoms with E-state index < -0.39 is 0 Å². The third-order valence-electron chi connectivity index (χ3n) is 3.39. The van der Waals surface area contributed by atoms with Gasteiger partial charge in [-0.1, -0.05) is 13.8 Å². The molecule has 0 bridgehead atoms. The molecule has 1 aromatic heterocycles. The van der Waals surface area contributed by atoms with Crippen LogP contribution in [0.25, 0.3) is 0 Å². The predicted molar refractivity (Wildman–Crippen MR) is 77.8 cm³/mol. The molecule has 2 rings (SSSR count). The SMILES string of the molecule is CNC(=O)c1c(NC(=O)C(C)C)sc2c1CCCC2. The molecule has 1 aromatic rings. The summed E-state index contributed by atoms with van der Waals surface area (Å²) in [7, 11) is 1.63. The van der Waals surface area contributed by atoms with Gasteiger partial charge in [-0.2, -0.15) is 0 Å². The van der Waals surface area contributed by atoms with E-state index in [-0.39, 0.29) is 17.7 Å². The van der Waals surface area contributed by atoms with Crippen LogP contribution >= 0.6 is 11.3 Å². The Balaban J connectivity index is 2.39. The lowest BCUT2D eigenvalue weighted by atomic mass is 9.95. The molecule has 0 spiro atoms. The molecule has 0 unspecified atom stereocenters. The Morgan fingerprint density at radius 2 is 1.89 bits per heavy atom. The second kappa shape index (κ2) is 5.74. The van der Waals surface area contributed by atoms with Crippen LogP contribution in [0.1, 0.15) is 47.5 Å². The van der Waals surface area contributed by atoms with Gasteiger partial charge in [-0.05, 0) is 31.2 Å². The van der Waals surface area contributed by atoms with Crippen molar-refractivity contribution in [2.75, 3.05) is 12.4 Å². The summed E-state index contributed by atoms with van der Waals surface area (Å²) in [5.41, 5.74) is 1.81. The van der Waals surface area contributed by atoms with Gasteiger partial charge in [-0.15, -0.1) is 11.3 Å². The average molecular weight is 280 g/mol. The van der Waals surface area contributed by atoms with Crippen molar-refractivity contribution < 1.29 is 9.59 Å². The molecule has 19 heavy (non-hydrogen) atoms. The fourth-order valence-electron chi connectivity index (χ4n) is 2.28. The molecule has 5 heteroatoms. The average Bonchev–Trinajstić information content (AvgIpc) is 2.75. The molecule has 4 nitrogen and oxygen atoms in total. The molecule has 104 valence electrons. The molecule has 0 aromatic carbocycles. The number of hydrogen-bond acceptors (Lipinski definition) is 3. The highest BCUT2D eigenvalue weighted by Crippen LogP contribution is 2.38. The number of amides is 2. The van der Waals surface area contributed by atoms with Crippen LogP contribution in [-0.2, 0) is 17.6 Å². The van der Waals surface area contributed by atoms with E-state index in [1.165, 1.54) is 4.88 Å². The van der Waals surface area contributed by atoms with Crippen molar-refractivity contribution in [2.45, 2.75) is 39.5 Å². The molecule has 1 heterocycles. The Morgan fingerprint density at radius 1 is 1.21 bits per heavy atom. The van der Waals surface area contributed by atoms with E-state index in [1.807, 2.05) is 13.8 Å². The predicted octanol–water partition coefficient (Wildman–Crippen LogP) is 2.58. The minimum atomic E-state index is -0.0987. The molecule has 1 aliphatic carbocycles. The van der Waals surface area contributed by atoms with Crippen molar-refractivity contribution in [1.82, 2.24) is 5.32 Å². The van der Waals surface area contributed by atoms with Crippen LogP contribution in [0.15, 0.2) is 0 Å². The summed E-state index contributed by atoms with van der Waals surface area (Å²) in [5.74, 6) is -0.223. The number of nitrogens with one attached hydrogen (secondary N) is 2. The molecule has 0 aliphatic heterocycles. The maximum Gasteiger partial charge on any atom is 0.254 e. The van der Waals surface area contributed by atoms with Crippen molar-refractivity contribution in [3.8, 4) is 0 Å². The summed E-state index contributed by atoms with van der Waals surface area (Å²) >= 11 is 1.56. The second-order valence-electron chi connectivity index (χ2n) is 5.14. The summed E-state index contributed by atoms with van der Waals surface area (Å²) in [6.45, 7) is 3.70. The highest BCUT2D eigenvalue weighted by Gasteiger charge is 2.26. The number of aryl methyl sites for hydroxylation is 1. The number of anilines is 1. The summed E-state index contributed by atoms with van der Waals surface area (Å²) < 4.78 is 0. The summed E-state index contributed by atoms with van der Waals surface area (Å²) in [6, 6.07) is 0. The van der Waals surface area contributed by atoms with Crippen LogP contribution in [0.2, 0.25) is 0 Å². The topological polar surface area (TPSA) is 58.2 Å². The van der Waals surface area contributed by atoms with E-state index in [0.717, 1.165) is 31.2 Å². The number of fused-ring (bicyclic) bond motifs is 1. The van der Waals surface area contributed by atoms with Crippen LogP contribution in [0.5, 0.6) is 0 Å². The maximum absolute atomic E-state index is 12.1. The van der Waals surface area contributed by atoms with E-state index in [0.29, 0.717) is 10.6 Å². The molecule has 0 atom stereocenters. The number of rotatable bonds is 3. The Kier molecular flexibility index (Phi) is 4.24. The second-order valence-corrected chi connectivity index (χ2v) is 6.24. The monoisotopic (exact) mass is 280 g/mol. The van der Waals surface area contributed by atoms with Gasteiger partial charge in [-0.25, -0.2) is 0 Å². The zero-order valence-electron chi connectivity index (χ0n) is 11.6. The molecule has 2 amide bonds. The van der Waals surface area contributed by atoms with Crippen molar-refractivity contribution in [1.29, 1.82) is 0 Å². The number of carbonyl (C=O) groups is 2. The molecule has 0 radical (unpaired) electrons. The zero-order valence-corrected chi connectivity index (χ0v) is 12.4. The molecule has 0 saturated carbocycles. The largest absolute Gasteiger partial charge is 0.355 e. The minimum Gasteiger partial charge on any atom is -0.355 e. The van der Waals surface area contributed by atoms with E-state index in [9.17, 15) is 9.59 Å². The molecule has 0 fully saturated rings.